The Balaban J connectivity index is 1.57. The summed E-state index contributed by atoms with van der Waals surface area (Å²) in [5.74, 6) is 1.70. The van der Waals surface area contributed by atoms with Gasteiger partial charge in [0, 0.05) is 18.0 Å². The summed E-state index contributed by atoms with van der Waals surface area (Å²) in [7, 11) is 0. The zero-order chi connectivity index (χ0) is 17.0. The van der Waals surface area contributed by atoms with E-state index in [4.69, 9.17) is 9.84 Å². The second-order valence-corrected chi connectivity index (χ2v) is 7.26. The number of hydrogen-bond acceptors (Lipinski definition) is 4. The van der Waals surface area contributed by atoms with E-state index >= 15 is 0 Å². The Labute approximate surface area is 146 Å². The number of aromatic carboxylic acids is 1. The van der Waals surface area contributed by atoms with Gasteiger partial charge in [0.05, 0.1) is 12.1 Å². The molecule has 0 atom stereocenters. The van der Waals surface area contributed by atoms with Crippen LogP contribution in [0.4, 0.5) is 11.5 Å². The Bertz CT molecular complexity index is 826. The van der Waals surface area contributed by atoms with Gasteiger partial charge in [-0.25, -0.2) is 9.78 Å². The number of benzene rings is 1. The van der Waals surface area contributed by atoms with Crippen molar-refractivity contribution >= 4 is 17.5 Å². The van der Waals surface area contributed by atoms with Crippen molar-refractivity contribution in [1.82, 2.24) is 4.98 Å². The van der Waals surface area contributed by atoms with E-state index in [1.54, 1.807) is 6.07 Å². The molecule has 5 nitrogen and oxygen atoms in total. The quantitative estimate of drug-likeness (QED) is 0.912. The lowest BCUT2D eigenvalue weighted by molar-refractivity contribution is 0.0696. The van der Waals surface area contributed by atoms with Crippen LogP contribution < -0.4 is 9.64 Å². The summed E-state index contributed by atoms with van der Waals surface area (Å²) in [5, 5.41) is 9.17. The third-order valence-corrected chi connectivity index (χ3v) is 5.28. The molecule has 3 aliphatic rings. The van der Waals surface area contributed by atoms with Gasteiger partial charge in [-0.05, 0) is 60.8 Å². The maximum atomic E-state index is 11.2. The second-order valence-electron chi connectivity index (χ2n) is 7.26. The van der Waals surface area contributed by atoms with Crippen molar-refractivity contribution in [3.63, 3.8) is 0 Å². The number of nitrogens with zero attached hydrogens (tertiary/aromatic N) is 2. The van der Waals surface area contributed by atoms with Gasteiger partial charge in [-0.2, -0.15) is 0 Å². The number of ether oxygens (including phenoxy) is 1. The number of fused-ring (bicyclic) bond motifs is 1. The van der Waals surface area contributed by atoms with Gasteiger partial charge in [-0.1, -0.05) is 6.07 Å². The fourth-order valence-corrected chi connectivity index (χ4v) is 3.59. The van der Waals surface area contributed by atoms with Crippen LogP contribution in [0.15, 0.2) is 30.5 Å². The number of anilines is 2. The summed E-state index contributed by atoms with van der Waals surface area (Å²) >= 11 is 0. The lowest BCUT2D eigenvalue weighted by Gasteiger charge is -2.31. The van der Waals surface area contributed by atoms with Crippen LogP contribution in [0, 0.1) is 0 Å². The lowest BCUT2D eigenvalue weighted by atomic mass is 10.0. The van der Waals surface area contributed by atoms with Crippen molar-refractivity contribution in [3.05, 3.63) is 47.2 Å². The minimum absolute atomic E-state index is 0.158. The van der Waals surface area contributed by atoms with E-state index in [-0.39, 0.29) is 5.56 Å². The molecule has 2 heterocycles. The van der Waals surface area contributed by atoms with Crippen LogP contribution in [0.5, 0.6) is 5.75 Å². The van der Waals surface area contributed by atoms with Gasteiger partial charge in [0.1, 0.15) is 6.61 Å². The average molecular weight is 336 g/mol. The summed E-state index contributed by atoms with van der Waals surface area (Å²) in [6.07, 6.45) is 6.55. The van der Waals surface area contributed by atoms with Gasteiger partial charge in [0.2, 0.25) is 0 Å². The molecule has 25 heavy (non-hydrogen) atoms. The number of aromatic nitrogens is 1. The van der Waals surface area contributed by atoms with Gasteiger partial charge in [0.15, 0.2) is 11.6 Å². The molecule has 2 saturated carbocycles. The minimum atomic E-state index is -0.984. The fraction of sp³-hybridized carbons (Fsp3) is 0.400. The van der Waals surface area contributed by atoms with Crippen LogP contribution in [0.25, 0.3) is 0 Å². The Kier molecular flexibility index (Phi) is 3.23. The third kappa shape index (κ3) is 2.73. The maximum Gasteiger partial charge on any atom is 0.337 e. The number of hydrogen-bond donors (Lipinski definition) is 1. The number of carboxylic acid groups (broad SMARTS) is 1. The molecule has 2 aliphatic carbocycles. The van der Waals surface area contributed by atoms with Gasteiger partial charge in [0.25, 0.3) is 0 Å². The minimum Gasteiger partial charge on any atom is -0.488 e. The summed E-state index contributed by atoms with van der Waals surface area (Å²) in [5.41, 5.74) is 4.20. The topological polar surface area (TPSA) is 62.7 Å². The van der Waals surface area contributed by atoms with Gasteiger partial charge in [-0.15, -0.1) is 0 Å². The molecular weight excluding hydrogens is 316 g/mol. The van der Waals surface area contributed by atoms with Gasteiger partial charge < -0.3 is 14.7 Å². The molecular formula is C20H20N2O3. The Morgan fingerprint density at radius 3 is 2.36 bits per heavy atom. The van der Waals surface area contributed by atoms with E-state index in [9.17, 15) is 4.79 Å². The Morgan fingerprint density at radius 2 is 1.76 bits per heavy atom. The maximum absolute atomic E-state index is 11.2. The average Bonchev–Trinajstić information content (AvgIpc) is 3.52. The van der Waals surface area contributed by atoms with Crippen LogP contribution in [0.3, 0.4) is 0 Å². The largest absolute Gasteiger partial charge is 0.488 e. The van der Waals surface area contributed by atoms with E-state index in [1.807, 2.05) is 0 Å². The first-order valence-corrected chi connectivity index (χ1v) is 8.97. The SMILES string of the molecule is O=C(O)c1cnc2c(c1)OCCN2c1cc(C2CC2)cc(C2CC2)c1. The van der Waals surface area contributed by atoms with E-state index in [0.29, 0.717) is 30.0 Å². The van der Waals surface area contributed by atoms with E-state index in [1.165, 1.54) is 43.0 Å². The molecule has 1 N–H and O–H groups in total. The number of carboxylic acids is 1. The highest BCUT2D eigenvalue weighted by Gasteiger charge is 2.30. The molecule has 0 spiro atoms. The zero-order valence-corrected chi connectivity index (χ0v) is 13.9. The molecule has 0 radical (unpaired) electrons. The second kappa shape index (κ2) is 5.48. The highest BCUT2D eigenvalue weighted by molar-refractivity contribution is 5.88. The molecule has 1 aromatic heterocycles. The summed E-state index contributed by atoms with van der Waals surface area (Å²) in [6.45, 7) is 1.26. The standard InChI is InChI=1S/C20H20N2O3/c23-20(24)16-10-18-19(21-11-16)22(5-6-25-18)17-8-14(12-1-2-12)7-15(9-17)13-3-4-13/h7-13H,1-6H2,(H,23,24). The smallest absolute Gasteiger partial charge is 0.337 e. The Morgan fingerprint density at radius 1 is 1.08 bits per heavy atom. The first-order valence-electron chi connectivity index (χ1n) is 8.97. The van der Waals surface area contributed by atoms with Crippen molar-refractivity contribution in [1.29, 1.82) is 0 Å². The predicted octanol–water partition coefficient (Wildman–Crippen LogP) is 4.07. The van der Waals surface area contributed by atoms with Crippen molar-refractivity contribution in [2.24, 2.45) is 0 Å². The van der Waals surface area contributed by atoms with Crippen LogP contribution in [0.1, 0.15) is 59.0 Å². The molecule has 0 amide bonds. The van der Waals surface area contributed by atoms with Crippen LogP contribution in [-0.2, 0) is 0 Å². The molecule has 5 heteroatoms. The van der Waals surface area contributed by atoms with Crippen LogP contribution >= 0.6 is 0 Å². The molecule has 0 saturated heterocycles. The van der Waals surface area contributed by atoms with E-state index in [2.05, 4.69) is 28.1 Å². The Hall–Kier alpha value is -2.56. The number of pyridine rings is 1. The summed E-state index contributed by atoms with van der Waals surface area (Å²) in [6, 6.07) is 8.53. The third-order valence-electron chi connectivity index (χ3n) is 5.28. The molecule has 2 fully saturated rings. The lowest BCUT2D eigenvalue weighted by Crippen LogP contribution is -2.29. The fourth-order valence-electron chi connectivity index (χ4n) is 3.59. The molecule has 1 aliphatic heterocycles. The van der Waals surface area contributed by atoms with E-state index < -0.39 is 5.97 Å². The van der Waals surface area contributed by atoms with Crippen molar-refractivity contribution < 1.29 is 14.6 Å². The summed E-state index contributed by atoms with van der Waals surface area (Å²) in [4.78, 5) is 17.7. The van der Waals surface area contributed by atoms with E-state index in [0.717, 1.165) is 12.2 Å². The first kappa shape index (κ1) is 14.8. The monoisotopic (exact) mass is 336 g/mol. The van der Waals surface area contributed by atoms with Crippen LogP contribution in [0.2, 0.25) is 0 Å². The molecule has 1 aromatic carbocycles. The van der Waals surface area contributed by atoms with Gasteiger partial charge in [-0.3, -0.25) is 0 Å². The van der Waals surface area contributed by atoms with Crippen molar-refractivity contribution in [3.8, 4) is 5.75 Å². The molecule has 2 aromatic rings. The number of carbonyl (C=O) groups is 1. The van der Waals surface area contributed by atoms with Crippen LogP contribution in [-0.4, -0.2) is 29.2 Å². The van der Waals surface area contributed by atoms with Crippen molar-refractivity contribution in [2.45, 2.75) is 37.5 Å². The summed E-state index contributed by atoms with van der Waals surface area (Å²) < 4.78 is 5.68. The highest BCUT2D eigenvalue weighted by atomic mass is 16.5. The first-order chi connectivity index (χ1) is 12.2. The number of rotatable bonds is 4. The highest BCUT2D eigenvalue weighted by Crippen LogP contribution is 2.47. The molecule has 5 rings (SSSR count). The van der Waals surface area contributed by atoms with Gasteiger partial charge >= 0.3 is 5.97 Å². The normalized spacial score (nSPS) is 19.3. The zero-order valence-electron chi connectivity index (χ0n) is 13.9. The molecule has 0 unspecified atom stereocenters. The molecule has 128 valence electrons. The molecule has 0 bridgehead atoms. The predicted molar refractivity (Wildman–Crippen MR) is 94.1 cm³/mol. The van der Waals surface area contributed by atoms with Crippen molar-refractivity contribution in [2.75, 3.05) is 18.1 Å².